The Bertz CT molecular complexity index is 1040. The zero-order chi connectivity index (χ0) is 19.9. The molecule has 2 saturated heterocycles. The second-order valence-electron chi connectivity index (χ2n) is 8.88. The quantitative estimate of drug-likeness (QED) is 0.595. The van der Waals surface area contributed by atoms with E-state index in [1.54, 1.807) is 0 Å². The minimum absolute atomic E-state index is 0.484. The molecule has 0 amide bonds. The zero-order valence-electron chi connectivity index (χ0n) is 17.3. The summed E-state index contributed by atoms with van der Waals surface area (Å²) in [5.74, 6) is 2.67. The van der Waals surface area contributed by atoms with Gasteiger partial charge in [-0.2, -0.15) is 0 Å². The van der Waals surface area contributed by atoms with Crippen LogP contribution in [-0.2, 0) is 17.6 Å². The van der Waals surface area contributed by atoms with Crippen molar-refractivity contribution in [3.8, 4) is 11.4 Å². The number of ether oxygens (including phenoxy) is 1. The highest BCUT2D eigenvalue weighted by Gasteiger charge is 2.31. The van der Waals surface area contributed by atoms with Gasteiger partial charge in [0.15, 0.2) is 5.82 Å². The van der Waals surface area contributed by atoms with Crippen LogP contribution in [-0.4, -0.2) is 40.8 Å². The van der Waals surface area contributed by atoms with Crippen molar-refractivity contribution in [1.82, 2.24) is 15.0 Å². The van der Waals surface area contributed by atoms with Gasteiger partial charge in [-0.1, -0.05) is 0 Å². The minimum Gasteiger partial charge on any atom is -0.378 e. The molecule has 0 radical (unpaired) electrons. The standard InChI is InChI=1S/C24H28N4OS/c1-2-8-20-18(6-1)21-23(28-12-9-16(10-13-28)19-7-4-14-29-19)26-22(27-24(21)30-20)17-5-3-11-25-15-17/h3,5,11,15-16,19H,1-2,4,6-10,12-14H2. The lowest BCUT2D eigenvalue weighted by atomic mass is 9.89. The van der Waals surface area contributed by atoms with Crippen molar-refractivity contribution in [2.45, 2.75) is 57.5 Å². The third kappa shape index (κ3) is 3.30. The van der Waals surface area contributed by atoms with Crippen LogP contribution in [0.3, 0.4) is 0 Å². The Hall–Kier alpha value is -2.05. The third-order valence-corrected chi connectivity index (χ3v) is 8.23. The number of rotatable bonds is 3. The molecule has 1 aliphatic carbocycles. The molecule has 5 heterocycles. The van der Waals surface area contributed by atoms with E-state index in [9.17, 15) is 0 Å². The Morgan fingerprint density at radius 1 is 1.03 bits per heavy atom. The van der Waals surface area contributed by atoms with Crippen LogP contribution in [0.4, 0.5) is 5.82 Å². The highest BCUT2D eigenvalue weighted by atomic mass is 32.1. The first-order valence-corrected chi connectivity index (χ1v) is 12.3. The maximum absolute atomic E-state index is 5.99. The van der Waals surface area contributed by atoms with Crippen LogP contribution in [0, 0.1) is 5.92 Å². The molecule has 0 bridgehead atoms. The third-order valence-electron chi connectivity index (χ3n) is 7.05. The molecule has 1 atom stereocenters. The van der Waals surface area contributed by atoms with Crippen molar-refractivity contribution >= 4 is 27.4 Å². The Balaban J connectivity index is 1.39. The van der Waals surface area contributed by atoms with Gasteiger partial charge in [-0.05, 0) is 75.0 Å². The maximum atomic E-state index is 5.99. The molecule has 2 aliphatic heterocycles. The van der Waals surface area contributed by atoms with Crippen molar-refractivity contribution in [2.75, 3.05) is 24.6 Å². The minimum atomic E-state index is 0.484. The normalized spacial score (nSPS) is 22.5. The lowest BCUT2D eigenvalue weighted by Gasteiger charge is -2.35. The Morgan fingerprint density at radius 2 is 1.93 bits per heavy atom. The summed E-state index contributed by atoms with van der Waals surface area (Å²) in [4.78, 5) is 19.7. The summed E-state index contributed by atoms with van der Waals surface area (Å²) >= 11 is 1.89. The Kier molecular flexibility index (Phi) is 4.92. The SMILES string of the molecule is c1cncc(-c2nc(N3CCC(C4CCCO4)CC3)c3c4c(sc3n2)CCCC4)c1. The molecule has 156 valence electrons. The molecule has 3 aromatic heterocycles. The van der Waals surface area contributed by atoms with Crippen LogP contribution in [0.25, 0.3) is 21.6 Å². The fourth-order valence-corrected chi connectivity index (χ4v) is 6.70. The van der Waals surface area contributed by atoms with Crippen LogP contribution in [0.2, 0.25) is 0 Å². The monoisotopic (exact) mass is 420 g/mol. The van der Waals surface area contributed by atoms with E-state index < -0.39 is 0 Å². The van der Waals surface area contributed by atoms with Gasteiger partial charge in [0.1, 0.15) is 10.6 Å². The van der Waals surface area contributed by atoms with Crippen molar-refractivity contribution in [3.63, 3.8) is 0 Å². The van der Waals surface area contributed by atoms with Crippen molar-refractivity contribution in [2.24, 2.45) is 5.92 Å². The van der Waals surface area contributed by atoms with Crippen LogP contribution < -0.4 is 4.90 Å². The molecular weight excluding hydrogens is 392 g/mol. The molecule has 0 saturated carbocycles. The van der Waals surface area contributed by atoms with Crippen molar-refractivity contribution in [1.29, 1.82) is 0 Å². The molecule has 0 N–H and O–H groups in total. The molecule has 0 spiro atoms. The first-order valence-electron chi connectivity index (χ1n) is 11.5. The molecule has 3 aromatic rings. The number of pyridine rings is 1. The molecule has 30 heavy (non-hydrogen) atoms. The topological polar surface area (TPSA) is 51.1 Å². The van der Waals surface area contributed by atoms with Gasteiger partial charge in [0, 0.05) is 42.5 Å². The van der Waals surface area contributed by atoms with Gasteiger partial charge in [-0.3, -0.25) is 4.98 Å². The molecule has 2 fully saturated rings. The number of nitrogens with zero attached hydrogens (tertiary/aromatic N) is 4. The average Bonchev–Trinajstić information content (AvgIpc) is 3.47. The predicted molar refractivity (Wildman–Crippen MR) is 121 cm³/mol. The summed E-state index contributed by atoms with van der Waals surface area (Å²) in [6.45, 7) is 3.08. The smallest absolute Gasteiger partial charge is 0.164 e. The highest BCUT2D eigenvalue weighted by molar-refractivity contribution is 7.19. The number of thiophene rings is 1. The van der Waals surface area contributed by atoms with E-state index in [1.165, 1.54) is 67.2 Å². The summed E-state index contributed by atoms with van der Waals surface area (Å²) in [6.07, 6.45) is 14.0. The molecular formula is C24H28N4OS. The first-order chi connectivity index (χ1) is 14.9. The summed E-state index contributed by atoms with van der Waals surface area (Å²) in [5, 5.41) is 1.33. The lowest BCUT2D eigenvalue weighted by molar-refractivity contribution is 0.0531. The van der Waals surface area contributed by atoms with Gasteiger partial charge in [0.05, 0.1) is 11.5 Å². The van der Waals surface area contributed by atoms with Gasteiger partial charge in [0.2, 0.25) is 0 Å². The first kappa shape index (κ1) is 18.7. The second kappa shape index (κ2) is 7.89. The van der Waals surface area contributed by atoms with E-state index in [1.807, 2.05) is 29.8 Å². The number of piperidine rings is 1. The number of anilines is 1. The number of aryl methyl sites for hydroxylation is 2. The van der Waals surface area contributed by atoms with E-state index in [0.29, 0.717) is 12.0 Å². The van der Waals surface area contributed by atoms with Gasteiger partial charge < -0.3 is 9.64 Å². The summed E-state index contributed by atoms with van der Waals surface area (Å²) < 4.78 is 5.99. The number of fused-ring (bicyclic) bond motifs is 3. The molecule has 0 aromatic carbocycles. The zero-order valence-corrected chi connectivity index (χ0v) is 18.2. The second-order valence-corrected chi connectivity index (χ2v) is 9.96. The van der Waals surface area contributed by atoms with Crippen molar-refractivity contribution in [3.05, 3.63) is 35.0 Å². The molecule has 1 unspecified atom stereocenters. The van der Waals surface area contributed by atoms with Crippen LogP contribution in [0.5, 0.6) is 0 Å². The van der Waals surface area contributed by atoms with Crippen LogP contribution in [0.15, 0.2) is 24.5 Å². The van der Waals surface area contributed by atoms with Crippen LogP contribution >= 0.6 is 11.3 Å². The number of hydrogen-bond acceptors (Lipinski definition) is 6. The van der Waals surface area contributed by atoms with Crippen molar-refractivity contribution < 1.29 is 4.74 Å². The number of hydrogen-bond donors (Lipinski definition) is 0. The summed E-state index contributed by atoms with van der Waals surface area (Å²) in [7, 11) is 0. The molecule has 6 rings (SSSR count). The van der Waals surface area contributed by atoms with Gasteiger partial charge in [-0.15, -0.1) is 11.3 Å². The van der Waals surface area contributed by atoms with Gasteiger partial charge >= 0.3 is 0 Å². The molecule has 6 heteroatoms. The molecule has 5 nitrogen and oxygen atoms in total. The van der Waals surface area contributed by atoms with Crippen LogP contribution in [0.1, 0.15) is 49.0 Å². The summed E-state index contributed by atoms with van der Waals surface area (Å²) in [6, 6.07) is 4.03. The van der Waals surface area contributed by atoms with E-state index in [-0.39, 0.29) is 0 Å². The fourth-order valence-electron chi connectivity index (χ4n) is 5.45. The number of aromatic nitrogens is 3. The van der Waals surface area contributed by atoms with Gasteiger partial charge in [-0.25, -0.2) is 9.97 Å². The lowest BCUT2D eigenvalue weighted by Crippen LogP contribution is -2.38. The Labute approximate surface area is 181 Å². The maximum Gasteiger partial charge on any atom is 0.164 e. The summed E-state index contributed by atoms with van der Waals surface area (Å²) in [5.41, 5.74) is 2.52. The highest BCUT2D eigenvalue weighted by Crippen LogP contribution is 2.42. The van der Waals surface area contributed by atoms with E-state index >= 15 is 0 Å². The van der Waals surface area contributed by atoms with Gasteiger partial charge in [0.25, 0.3) is 0 Å². The van der Waals surface area contributed by atoms with E-state index in [4.69, 9.17) is 14.7 Å². The average molecular weight is 421 g/mol. The fraction of sp³-hybridized carbons (Fsp3) is 0.542. The molecule has 3 aliphatic rings. The Morgan fingerprint density at radius 3 is 2.73 bits per heavy atom. The largest absolute Gasteiger partial charge is 0.378 e. The van der Waals surface area contributed by atoms with E-state index in [0.717, 1.165) is 41.7 Å². The van der Waals surface area contributed by atoms with E-state index in [2.05, 4.69) is 16.0 Å². The predicted octanol–water partition coefficient (Wildman–Crippen LogP) is 5.03.